The Morgan fingerprint density at radius 2 is 1.96 bits per heavy atom. The third-order valence-corrected chi connectivity index (χ3v) is 4.38. The zero-order chi connectivity index (χ0) is 18.1. The highest BCUT2D eigenvalue weighted by Crippen LogP contribution is 2.36. The Kier molecular flexibility index (Phi) is 5.03. The molecule has 0 aliphatic carbocycles. The molecule has 2 aliphatic heterocycles. The molecule has 0 N–H and O–H groups in total. The van der Waals surface area contributed by atoms with Crippen LogP contribution in [-0.2, 0) is 14.3 Å². The van der Waals surface area contributed by atoms with Crippen LogP contribution >= 0.6 is 0 Å². The molecular weight excluding hydrogens is 318 g/mol. The highest BCUT2D eigenvalue weighted by atomic mass is 16.6. The van der Waals surface area contributed by atoms with E-state index in [0.717, 1.165) is 6.42 Å². The van der Waals surface area contributed by atoms with Gasteiger partial charge in [0.15, 0.2) is 0 Å². The molecular formula is C15H25N3O6. The molecule has 0 saturated carbocycles. The Balaban J connectivity index is 2.12. The maximum absolute atomic E-state index is 12.1. The van der Waals surface area contributed by atoms with Crippen LogP contribution in [0, 0.1) is 10.1 Å². The van der Waals surface area contributed by atoms with Crippen molar-refractivity contribution in [3.8, 4) is 0 Å². The number of amides is 1. The standard InChI is InChI=1S/C15H25N3O6/c1-14(2,3)24-13(20)16-8-15(9-16,10-18(21)22)17-7-5-6-11(17)12(19)23-4/h11H,5-10H2,1-4H3/t11-/m1/s1. The summed E-state index contributed by atoms with van der Waals surface area (Å²) in [5, 5.41) is 11.1. The molecule has 0 aromatic heterocycles. The van der Waals surface area contributed by atoms with E-state index in [1.165, 1.54) is 12.0 Å². The molecule has 2 fully saturated rings. The van der Waals surface area contributed by atoms with Gasteiger partial charge in [-0.3, -0.25) is 19.8 Å². The van der Waals surface area contributed by atoms with E-state index in [4.69, 9.17) is 9.47 Å². The fourth-order valence-corrected chi connectivity index (χ4v) is 3.45. The minimum atomic E-state index is -0.838. The highest BCUT2D eigenvalue weighted by Gasteiger charge is 2.57. The number of rotatable bonds is 4. The lowest BCUT2D eigenvalue weighted by molar-refractivity contribution is -0.500. The molecule has 0 aromatic carbocycles. The van der Waals surface area contributed by atoms with Crippen molar-refractivity contribution in [1.82, 2.24) is 9.80 Å². The molecule has 2 saturated heterocycles. The summed E-state index contributed by atoms with van der Waals surface area (Å²) in [6.07, 6.45) is 0.889. The van der Waals surface area contributed by atoms with Gasteiger partial charge in [0.25, 0.3) is 0 Å². The van der Waals surface area contributed by atoms with E-state index < -0.39 is 23.3 Å². The van der Waals surface area contributed by atoms with Crippen molar-refractivity contribution in [1.29, 1.82) is 0 Å². The number of carbonyl (C=O) groups is 2. The van der Waals surface area contributed by atoms with Crippen LogP contribution in [0.15, 0.2) is 0 Å². The van der Waals surface area contributed by atoms with Crippen LogP contribution in [0.4, 0.5) is 4.79 Å². The van der Waals surface area contributed by atoms with Gasteiger partial charge in [-0.15, -0.1) is 0 Å². The van der Waals surface area contributed by atoms with E-state index in [2.05, 4.69) is 0 Å². The van der Waals surface area contributed by atoms with Crippen molar-refractivity contribution in [2.75, 3.05) is 33.3 Å². The van der Waals surface area contributed by atoms with Crippen molar-refractivity contribution >= 4 is 12.1 Å². The molecule has 24 heavy (non-hydrogen) atoms. The molecule has 0 radical (unpaired) electrons. The largest absolute Gasteiger partial charge is 0.468 e. The summed E-state index contributed by atoms with van der Waals surface area (Å²) in [6.45, 7) is 5.91. The van der Waals surface area contributed by atoms with Gasteiger partial charge in [-0.05, 0) is 33.6 Å². The second-order valence-corrected chi connectivity index (χ2v) is 7.43. The summed E-state index contributed by atoms with van der Waals surface area (Å²) < 4.78 is 10.1. The molecule has 2 heterocycles. The maximum Gasteiger partial charge on any atom is 0.410 e. The van der Waals surface area contributed by atoms with Crippen molar-refractivity contribution in [2.45, 2.75) is 50.8 Å². The zero-order valence-electron chi connectivity index (χ0n) is 14.6. The van der Waals surface area contributed by atoms with E-state index in [1.54, 1.807) is 20.8 Å². The smallest absolute Gasteiger partial charge is 0.410 e. The molecule has 0 unspecified atom stereocenters. The monoisotopic (exact) mass is 343 g/mol. The van der Waals surface area contributed by atoms with Crippen LogP contribution in [0.25, 0.3) is 0 Å². The minimum Gasteiger partial charge on any atom is -0.468 e. The summed E-state index contributed by atoms with van der Waals surface area (Å²) in [5.41, 5.74) is -1.46. The Bertz CT molecular complexity index is 524. The first-order valence-corrected chi connectivity index (χ1v) is 8.02. The van der Waals surface area contributed by atoms with Crippen LogP contribution in [0.3, 0.4) is 0 Å². The van der Waals surface area contributed by atoms with Crippen molar-refractivity contribution in [3.63, 3.8) is 0 Å². The van der Waals surface area contributed by atoms with Gasteiger partial charge in [0, 0.05) is 11.5 Å². The molecule has 0 aromatic rings. The molecule has 0 bridgehead atoms. The number of carbonyl (C=O) groups excluding carboxylic acids is 2. The lowest BCUT2D eigenvalue weighted by Crippen LogP contribution is -2.75. The van der Waals surface area contributed by atoms with Crippen LogP contribution < -0.4 is 0 Å². The Morgan fingerprint density at radius 1 is 1.33 bits per heavy atom. The lowest BCUT2D eigenvalue weighted by Gasteiger charge is -2.53. The van der Waals surface area contributed by atoms with Crippen molar-refractivity contribution < 1.29 is 24.0 Å². The second kappa shape index (κ2) is 6.54. The number of hydrogen-bond donors (Lipinski definition) is 0. The molecule has 2 aliphatic rings. The van der Waals surface area contributed by atoms with Crippen LogP contribution in [0.1, 0.15) is 33.6 Å². The fraction of sp³-hybridized carbons (Fsp3) is 0.867. The van der Waals surface area contributed by atoms with Gasteiger partial charge in [0.05, 0.1) is 20.2 Å². The summed E-state index contributed by atoms with van der Waals surface area (Å²) in [6, 6.07) is -0.490. The normalized spacial score (nSPS) is 23.5. The van der Waals surface area contributed by atoms with E-state index in [1.807, 2.05) is 4.90 Å². The van der Waals surface area contributed by atoms with Crippen molar-refractivity contribution in [2.24, 2.45) is 0 Å². The van der Waals surface area contributed by atoms with Crippen molar-refractivity contribution in [3.05, 3.63) is 10.1 Å². The van der Waals surface area contributed by atoms with Gasteiger partial charge in [-0.1, -0.05) is 0 Å². The molecule has 9 nitrogen and oxygen atoms in total. The van der Waals surface area contributed by atoms with Gasteiger partial charge in [0.2, 0.25) is 6.54 Å². The Hall–Kier alpha value is -1.90. The number of methoxy groups -OCH3 is 1. The topological polar surface area (TPSA) is 102 Å². The van der Waals surface area contributed by atoms with E-state index in [9.17, 15) is 19.7 Å². The molecule has 9 heteroatoms. The molecule has 0 spiro atoms. The number of nitrogens with zero attached hydrogens (tertiary/aromatic N) is 3. The van der Waals surface area contributed by atoms with E-state index >= 15 is 0 Å². The van der Waals surface area contributed by atoms with E-state index in [-0.39, 0.29) is 30.5 Å². The first-order valence-electron chi connectivity index (χ1n) is 8.02. The maximum atomic E-state index is 12.1. The SMILES string of the molecule is COC(=O)[C@H]1CCCN1C1(C[N+](=O)[O-])CN(C(=O)OC(C)(C)C)C1. The molecule has 136 valence electrons. The third kappa shape index (κ3) is 3.77. The molecule has 2 rings (SSSR count). The summed E-state index contributed by atoms with van der Waals surface area (Å²) in [4.78, 5) is 38.1. The number of ether oxygens (including phenoxy) is 2. The highest BCUT2D eigenvalue weighted by molar-refractivity contribution is 5.76. The number of hydrogen-bond acceptors (Lipinski definition) is 7. The van der Waals surface area contributed by atoms with Gasteiger partial charge in [-0.2, -0.15) is 0 Å². The Morgan fingerprint density at radius 3 is 2.46 bits per heavy atom. The first kappa shape index (κ1) is 18.4. The minimum absolute atomic E-state index is 0.177. The van der Waals surface area contributed by atoms with Gasteiger partial charge in [0.1, 0.15) is 17.2 Å². The van der Waals surface area contributed by atoms with Gasteiger partial charge in [-0.25, -0.2) is 4.79 Å². The Labute approximate surface area is 141 Å². The van der Waals surface area contributed by atoms with Gasteiger partial charge < -0.3 is 14.4 Å². The predicted molar refractivity (Wildman–Crippen MR) is 84.1 cm³/mol. The third-order valence-electron chi connectivity index (χ3n) is 4.38. The average molecular weight is 343 g/mol. The van der Waals surface area contributed by atoms with E-state index in [0.29, 0.717) is 13.0 Å². The quantitative estimate of drug-likeness (QED) is 0.424. The summed E-state index contributed by atoms with van der Waals surface area (Å²) in [5.74, 6) is -0.383. The van der Waals surface area contributed by atoms with Crippen LogP contribution in [0.2, 0.25) is 0 Å². The molecule has 1 amide bonds. The second-order valence-electron chi connectivity index (χ2n) is 7.43. The summed E-state index contributed by atoms with van der Waals surface area (Å²) >= 11 is 0. The van der Waals surface area contributed by atoms with Crippen LogP contribution in [0.5, 0.6) is 0 Å². The summed E-state index contributed by atoms with van der Waals surface area (Å²) in [7, 11) is 1.31. The molecule has 1 atom stereocenters. The predicted octanol–water partition coefficient (Wildman–Crippen LogP) is 0.890. The van der Waals surface area contributed by atoms with Crippen LogP contribution in [-0.4, -0.2) is 77.3 Å². The van der Waals surface area contributed by atoms with Gasteiger partial charge >= 0.3 is 12.1 Å². The number of esters is 1. The average Bonchev–Trinajstić information content (AvgIpc) is 2.88. The fourth-order valence-electron chi connectivity index (χ4n) is 3.45. The lowest BCUT2D eigenvalue weighted by atomic mass is 9.87. The number of likely N-dealkylation sites (tertiary alicyclic amines) is 2. The number of nitro groups is 1. The zero-order valence-corrected chi connectivity index (χ0v) is 14.6. The first-order chi connectivity index (χ1) is 11.1.